The maximum absolute atomic E-state index is 12.5. The minimum Gasteiger partial charge on any atom is -0.482 e. The van der Waals surface area contributed by atoms with Gasteiger partial charge < -0.3 is 18.9 Å². The van der Waals surface area contributed by atoms with E-state index >= 15 is 0 Å². The lowest BCUT2D eigenvalue weighted by molar-refractivity contribution is -0.121. The number of nitrogens with zero attached hydrogens (tertiary/aromatic N) is 2. The molecule has 0 spiro atoms. The van der Waals surface area contributed by atoms with Crippen LogP contribution in [-0.2, 0) is 23.3 Å². The summed E-state index contributed by atoms with van der Waals surface area (Å²) in [5, 5.41) is 2.71. The van der Waals surface area contributed by atoms with Gasteiger partial charge in [0.25, 0.3) is 11.8 Å². The van der Waals surface area contributed by atoms with Gasteiger partial charge >= 0.3 is 0 Å². The third kappa shape index (κ3) is 4.07. The fraction of sp³-hybridized carbons (Fsp3) is 0.318. The first-order valence-corrected chi connectivity index (χ1v) is 9.64. The monoisotopic (exact) mass is 409 g/mol. The molecule has 3 heterocycles. The zero-order valence-electron chi connectivity index (χ0n) is 17.1. The summed E-state index contributed by atoms with van der Waals surface area (Å²) in [7, 11) is 0. The maximum Gasteiger partial charge on any atom is 0.273 e. The van der Waals surface area contributed by atoms with Gasteiger partial charge in [-0.15, -0.1) is 0 Å². The van der Waals surface area contributed by atoms with Crippen LogP contribution in [0.5, 0.6) is 5.75 Å². The van der Waals surface area contributed by atoms with Crippen LogP contribution in [0.25, 0.3) is 0 Å². The largest absolute Gasteiger partial charge is 0.482 e. The van der Waals surface area contributed by atoms with Gasteiger partial charge in [0, 0.05) is 0 Å². The van der Waals surface area contributed by atoms with Gasteiger partial charge in [0.15, 0.2) is 12.3 Å². The van der Waals surface area contributed by atoms with E-state index in [0.717, 1.165) is 5.56 Å². The Labute approximate surface area is 173 Å². The molecule has 0 saturated heterocycles. The van der Waals surface area contributed by atoms with E-state index in [2.05, 4.69) is 31.1 Å². The van der Waals surface area contributed by atoms with Gasteiger partial charge in [-0.2, -0.15) is 0 Å². The molecule has 0 fully saturated rings. The van der Waals surface area contributed by atoms with Crippen molar-refractivity contribution in [2.24, 2.45) is 0 Å². The predicted molar refractivity (Wildman–Crippen MR) is 108 cm³/mol. The van der Waals surface area contributed by atoms with Gasteiger partial charge in [-0.3, -0.25) is 14.5 Å². The van der Waals surface area contributed by atoms with E-state index in [0.29, 0.717) is 17.2 Å². The second-order valence-corrected chi connectivity index (χ2v) is 8.09. The van der Waals surface area contributed by atoms with Crippen molar-refractivity contribution >= 4 is 17.5 Å². The van der Waals surface area contributed by atoms with Crippen molar-refractivity contribution in [2.75, 3.05) is 11.5 Å². The van der Waals surface area contributed by atoms with Crippen molar-refractivity contribution in [3.63, 3.8) is 0 Å². The normalized spacial score (nSPS) is 13.7. The number of carbonyl (C=O) groups excluding carboxylic acids is 2. The SMILES string of the molecule is CC(C)(C)c1ccc2c(c1)N(Cc1nc(C(=O)NCc3ccco3)co1)C(=O)CO2. The summed E-state index contributed by atoms with van der Waals surface area (Å²) < 4.78 is 16.2. The molecule has 1 aromatic carbocycles. The summed E-state index contributed by atoms with van der Waals surface area (Å²) in [5.74, 6) is 0.948. The second kappa shape index (κ2) is 7.70. The summed E-state index contributed by atoms with van der Waals surface area (Å²) in [5.41, 5.74) is 1.81. The molecule has 2 aromatic heterocycles. The molecule has 1 N–H and O–H groups in total. The van der Waals surface area contributed by atoms with Gasteiger partial charge in [-0.1, -0.05) is 26.8 Å². The zero-order valence-corrected chi connectivity index (χ0v) is 17.1. The molecule has 8 nitrogen and oxygen atoms in total. The summed E-state index contributed by atoms with van der Waals surface area (Å²) in [6.45, 7) is 6.61. The van der Waals surface area contributed by atoms with Crippen molar-refractivity contribution < 1.29 is 23.2 Å². The molecule has 4 rings (SSSR count). The zero-order chi connectivity index (χ0) is 21.3. The third-order valence-corrected chi connectivity index (χ3v) is 4.85. The Kier molecular flexibility index (Phi) is 5.07. The number of fused-ring (bicyclic) bond motifs is 1. The summed E-state index contributed by atoms with van der Waals surface area (Å²) in [6, 6.07) is 9.34. The molecule has 1 aliphatic rings. The Morgan fingerprint density at radius 2 is 2.07 bits per heavy atom. The number of oxazole rings is 1. The minimum absolute atomic E-state index is 0.0565. The molecule has 3 aromatic rings. The summed E-state index contributed by atoms with van der Waals surface area (Å²) in [4.78, 5) is 30.6. The molecule has 0 atom stereocenters. The number of aromatic nitrogens is 1. The van der Waals surface area contributed by atoms with E-state index in [9.17, 15) is 9.59 Å². The fourth-order valence-electron chi connectivity index (χ4n) is 3.14. The summed E-state index contributed by atoms with van der Waals surface area (Å²) in [6.07, 6.45) is 2.82. The molecular formula is C22H23N3O5. The van der Waals surface area contributed by atoms with Crippen molar-refractivity contribution in [3.05, 3.63) is 65.8 Å². The van der Waals surface area contributed by atoms with Gasteiger partial charge in [0.05, 0.1) is 18.5 Å². The maximum atomic E-state index is 12.5. The highest BCUT2D eigenvalue weighted by molar-refractivity contribution is 5.98. The number of anilines is 1. The number of benzene rings is 1. The van der Waals surface area contributed by atoms with E-state index in [1.54, 1.807) is 17.0 Å². The smallest absolute Gasteiger partial charge is 0.273 e. The molecule has 0 aliphatic carbocycles. The Hall–Kier alpha value is -3.55. The van der Waals surface area contributed by atoms with Gasteiger partial charge in [0.2, 0.25) is 5.89 Å². The van der Waals surface area contributed by atoms with Crippen LogP contribution in [0.3, 0.4) is 0 Å². The molecule has 0 bridgehead atoms. The standard InChI is InChI=1S/C22H23N3O5/c1-22(2,3)14-6-7-18-17(9-14)25(20(26)13-29-18)11-19-24-16(12-30-19)21(27)23-10-15-5-4-8-28-15/h4-9,12H,10-11,13H2,1-3H3,(H,23,27). The van der Waals surface area contributed by atoms with E-state index in [4.69, 9.17) is 13.6 Å². The van der Waals surface area contributed by atoms with Gasteiger partial charge in [-0.05, 0) is 35.2 Å². The van der Waals surface area contributed by atoms with Crippen LogP contribution < -0.4 is 15.0 Å². The van der Waals surface area contributed by atoms with Crippen LogP contribution in [0, 0.1) is 0 Å². The number of carbonyl (C=O) groups is 2. The first-order chi connectivity index (χ1) is 14.3. The van der Waals surface area contributed by atoms with Crippen LogP contribution in [0.4, 0.5) is 5.69 Å². The summed E-state index contributed by atoms with van der Waals surface area (Å²) >= 11 is 0. The highest BCUT2D eigenvalue weighted by Crippen LogP contribution is 2.37. The lowest BCUT2D eigenvalue weighted by Crippen LogP contribution is -2.38. The van der Waals surface area contributed by atoms with Crippen molar-refractivity contribution in [3.8, 4) is 5.75 Å². The predicted octanol–water partition coefficient (Wildman–Crippen LogP) is 3.42. The molecule has 1 aliphatic heterocycles. The number of amides is 2. The van der Waals surface area contributed by atoms with Crippen LogP contribution in [0.15, 0.2) is 51.7 Å². The van der Waals surface area contributed by atoms with E-state index in [1.807, 2.05) is 18.2 Å². The van der Waals surface area contributed by atoms with Crippen molar-refractivity contribution in [2.45, 2.75) is 39.3 Å². The lowest BCUT2D eigenvalue weighted by atomic mass is 9.86. The third-order valence-electron chi connectivity index (χ3n) is 4.85. The highest BCUT2D eigenvalue weighted by Gasteiger charge is 2.29. The van der Waals surface area contributed by atoms with Gasteiger partial charge in [0.1, 0.15) is 24.3 Å². The Morgan fingerprint density at radius 1 is 1.23 bits per heavy atom. The molecule has 8 heteroatoms. The Balaban J connectivity index is 1.51. The van der Waals surface area contributed by atoms with Crippen molar-refractivity contribution in [1.29, 1.82) is 0 Å². The Morgan fingerprint density at radius 3 is 2.80 bits per heavy atom. The first-order valence-electron chi connectivity index (χ1n) is 9.64. The molecule has 0 unspecified atom stereocenters. The minimum atomic E-state index is -0.384. The average Bonchev–Trinajstić information content (AvgIpc) is 3.39. The number of nitrogens with one attached hydrogen (secondary N) is 1. The lowest BCUT2D eigenvalue weighted by Gasteiger charge is -2.30. The topological polar surface area (TPSA) is 97.8 Å². The van der Waals surface area contributed by atoms with Crippen LogP contribution in [-0.4, -0.2) is 23.4 Å². The molecular weight excluding hydrogens is 386 g/mol. The second-order valence-electron chi connectivity index (χ2n) is 8.09. The molecule has 0 radical (unpaired) electrons. The molecule has 156 valence electrons. The first kappa shape index (κ1) is 19.8. The number of furan rings is 1. The van der Waals surface area contributed by atoms with Crippen LogP contribution in [0.2, 0.25) is 0 Å². The number of hydrogen-bond acceptors (Lipinski definition) is 6. The van der Waals surface area contributed by atoms with E-state index < -0.39 is 0 Å². The van der Waals surface area contributed by atoms with Crippen molar-refractivity contribution in [1.82, 2.24) is 10.3 Å². The molecule has 0 saturated carbocycles. The number of hydrogen-bond donors (Lipinski definition) is 1. The molecule has 30 heavy (non-hydrogen) atoms. The van der Waals surface area contributed by atoms with Gasteiger partial charge in [-0.25, -0.2) is 4.98 Å². The highest BCUT2D eigenvalue weighted by atomic mass is 16.5. The number of rotatable bonds is 5. The molecule has 2 amide bonds. The number of ether oxygens (including phenoxy) is 1. The average molecular weight is 409 g/mol. The fourth-order valence-corrected chi connectivity index (χ4v) is 3.14. The van der Waals surface area contributed by atoms with E-state index in [-0.39, 0.29) is 48.5 Å². The van der Waals surface area contributed by atoms with Crippen LogP contribution >= 0.6 is 0 Å². The van der Waals surface area contributed by atoms with Crippen LogP contribution in [0.1, 0.15) is 48.5 Å². The Bertz CT molecular complexity index is 1060. The van der Waals surface area contributed by atoms with E-state index in [1.165, 1.54) is 12.5 Å². The quantitative estimate of drug-likeness (QED) is 0.693.